The highest BCUT2D eigenvalue weighted by Crippen LogP contribution is 2.30. The summed E-state index contributed by atoms with van der Waals surface area (Å²) in [4.78, 5) is 0. The van der Waals surface area contributed by atoms with Gasteiger partial charge in [-0.2, -0.15) is 0 Å². The molecule has 0 unspecified atom stereocenters. The summed E-state index contributed by atoms with van der Waals surface area (Å²) in [7, 11) is 3.24. The SMILES string of the molecule is CC[C@@H](C)c1ccc([C@@H](CC)NC(=S)Nc2ccc(OC)c(OC)c2)cc1. The normalized spacial score (nSPS) is 12.8. The molecule has 4 nitrogen and oxygen atoms in total. The molecule has 2 aromatic rings. The maximum absolute atomic E-state index is 5.51. The van der Waals surface area contributed by atoms with Gasteiger partial charge < -0.3 is 20.1 Å². The molecule has 146 valence electrons. The van der Waals surface area contributed by atoms with Gasteiger partial charge in [-0.25, -0.2) is 0 Å². The van der Waals surface area contributed by atoms with Gasteiger partial charge in [0.1, 0.15) is 0 Å². The molecule has 0 radical (unpaired) electrons. The van der Waals surface area contributed by atoms with E-state index >= 15 is 0 Å². The number of rotatable bonds is 8. The fourth-order valence-electron chi connectivity index (χ4n) is 2.95. The van der Waals surface area contributed by atoms with Gasteiger partial charge in [0.05, 0.1) is 20.3 Å². The van der Waals surface area contributed by atoms with E-state index in [0.29, 0.717) is 22.5 Å². The Balaban J connectivity index is 2.04. The van der Waals surface area contributed by atoms with E-state index in [9.17, 15) is 0 Å². The Morgan fingerprint density at radius 3 is 2.11 bits per heavy atom. The zero-order valence-electron chi connectivity index (χ0n) is 16.8. The van der Waals surface area contributed by atoms with Crippen LogP contribution in [-0.2, 0) is 0 Å². The van der Waals surface area contributed by atoms with Crippen LogP contribution in [0.3, 0.4) is 0 Å². The molecule has 2 aromatic carbocycles. The van der Waals surface area contributed by atoms with Gasteiger partial charge in [0.25, 0.3) is 0 Å². The molecule has 2 atom stereocenters. The highest BCUT2D eigenvalue weighted by Gasteiger charge is 2.12. The third kappa shape index (κ3) is 5.60. The van der Waals surface area contributed by atoms with Crippen molar-refractivity contribution in [1.29, 1.82) is 0 Å². The molecule has 0 saturated heterocycles. The Bertz CT molecular complexity index is 746. The molecule has 0 aliphatic rings. The maximum Gasteiger partial charge on any atom is 0.171 e. The minimum atomic E-state index is 0.163. The Kier molecular flexibility index (Phi) is 7.92. The summed E-state index contributed by atoms with van der Waals surface area (Å²) in [6, 6.07) is 14.6. The number of thiocarbonyl (C=S) groups is 1. The summed E-state index contributed by atoms with van der Waals surface area (Å²) >= 11 is 5.51. The van der Waals surface area contributed by atoms with Crippen molar-refractivity contribution in [2.24, 2.45) is 0 Å². The third-order valence-corrected chi connectivity index (χ3v) is 5.10. The fraction of sp³-hybridized carbons (Fsp3) is 0.409. The van der Waals surface area contributed by atoms with Crippen molar-refractivity contribution in [2.45, 2.75) is 45.6 Å². The van der Waals surface area contributed by atoms with E-state index in [-0.39, 0.29) is 6.04 Å². The molecule has 0 aliphatic heterocycles. The lowest BCUT2D eigenvalue weighted by molar-refractivity contribution is 0.355. The van der Waals surface area contributed by atoms with Crippen LogP contribution >= 0.6 is 12.2 Å². The van der Waals surface area contributed by atoms with Crippen molar-refractivity contribution in [1.82, 2.24) is 5.32 Å². The Hall–Kier alpha value is -2.27. The molecule has 0 aromatic heterocycles. The second-order valence-corrected chi connectivity index (χ2v) is 7.01. The van der Waals surface area contributed by atoms with Gasteiger partial charge in [0, 0.05) is 11.8 Å². The monoisotopic (exact) mass is 386 g/mol. The Morgan fingerprint density at radius 2 is 1.56 bits per heavy atom. The zero-order valence-corrected chi connectivity index (χ0v) is 17.7. The van der Waals surface area contributed by atoms with E-state index in [1.54, 1.807) is 14.2 Å². The molecular formula is C22H30N2O2S. The van der Waals surface area contributed by atoms with Crippen LogP contribution in [0.4, 0.5) is 5.69 Å². The molecule has 0 amide bonds. The molecule has 2 rings (SSSR count). The van der Waals surface area contributed by atoms with Crippen LogP contribution in [0.5, 0.6) is 11.5 Å². The van der Waals surface area contributed by atoms with Gasteiger partial charge in [-0.05, 0) is 54.2 Å². The van der Waals surface area contributed by atoms with E-state index in [1.165, 1.54) is 11.1 Å². The Morgan fingerprint density at radius 1 is 0.926 bits per heavy atom. The van der Waals surface area contributed by atoms with Crippen LogP contribution in [-0.4, -0.2) is 19.3 Å². The van der Waals surface area contributed by atoms with Crippen LogP contribution < -0.4 is 20.1 Å². The number of methoxy groups -OCH3 is 2. The predicted octanol–water partition coefficient (Wildman–Crippen LogP) is 5.66. The third-order valence-electron chi connectivity index (χ3n) is 4.88. The van der Waals surface area contributed by atoms with Crippen LogP contribution in [0, 0.1) is 0 Å². The number of ether oxygens (including phenoxy) is 2. The molecule has 2 N–H and O–H groups in total. The second kappa shape index (κ2) is 10.2. The summed E-state index contributed by atoms with van der Waals surface area (Å²) in [5.74, 6) is 1.94. The van der Waals surface area contributed by atoms with Crippen LogP contribution in [0.25, 0.3) is 0 Å². The lowest BCUT2D eigenvalue weighted by Gasteiger charge is -2.21. The quantitative estimate of drug-likeness (QED) is 0.574. The minimum Gasteiger partial charge on any atom is -0.493 e. The van der Waals surface area contributed by atoms with Gasteiger partial charge in [0.2, 0.25) is 0 Å². The number of hydrogen-bond acceptors (Lipinski definition) is 3. The average Bonchev–Trinajstić information content (AvgIpc) is 2.71. The van der Waals surface area contributed by atoms with Gasteiger partial charge in [-0.1, -0.05) is 45.0 Å². The minimum absolute atomic E-state index is 0.163. The summed E-state index contributed by atoms with van der Waals surface area (Å²) in [5.41, 5.74) is 3.47. The number of hydrogen-bond donors (Lipinski definition) is 2. The van der Waals surface area contributed by atoms with Gasteiger partial charge >= 0.3 is 0 Å². The van der Waals surface area contributed by atoms with Crippen molar-refractivity contribution < 1.29 is 9.47 Å². The number of anilines is 1. The summed E-state index contributed by atoms with van der Waals surface area (Å²) < 4.78 is 10.6. The van der Waals surface area contributed by atoms with E-state index < -0.39 is 0 Å². The average molecular weight is 387 g/mol. The molecule has 0 spiro atoms. The largest absolute Gasteiger partial charge is 0.493 e. The van der Waals surface area contributed by atoms with Crippen molar-refractivity contribution >= 4 is 23.0 Å². The van der Waals surface area contributed by atoms with Crippen molar-refractivity contribution in [3.8, 4) is 11.5 Å². The molecule has 0 aliphatic carbocycles. The van der Waals surface area contributed by atoms with Crippen molar-refractivity contribution in [3.63, 3.8) is 0 Å². The van der Waals surface area contributed by atoms with Crippen molar-refractivity contribution in [2.75, 3.05) is 19.5 Å². The van der Waals surface area contributed by atoms with E-state index in [1.807, 2.05) is 18.2 Å². The van der Waals surface area contributed by atoms with E-state index in [2.05, 4.69) is 55.7 Å². The first-order valence-electron chi connectivity index (χ1n) is 9.41. The van der Waals surface area contributed by atoms with E-state index in [4.69, 9.17) is 21.7 Å². The number of nitrogens with one attached hydrogen (secondary N) is 2. The molecule has 0 saturated carbocycles. The van der Waals surface area contributed by atoms with Gasteiger partial charge in [-0.3, -0.25) is 0 Å². The summed E-state index contributed by atoms with van der Waals surface area (Å²) in [6.07, 6.45) is 2.09. The second-order valence-electron chi connectivity index (χ2n) is 6.61. The van der Waals surface area contributed by atoms with Crippen LogP contribution in [0.2, 0.25) is 0 Å². The van der Waals surface area contributed by atoms with Crippen LogP contribution in [0.15, 0.2) is 42.5 Å². The Labute approximate surface area is 168 Å². The molecule has 0 heterocycles. The summed E-state index contributed by atoms with van der Waals surface area (Å²) in [6.45, 7) is 6.62. The first-order chi connectivity index (χ1) is 13.0. The first kappa shape index (κ1) is 21.0. The molecule has 0 fully saturated rings. The number of benzene rings is 2. The molecule has 27 heavy (non-hydrogen) atoms. The summed E-state index contributed by atoms with van der Waals surface area (Å²) in [5, 5.41) is 7.22. The van der Waals surface area contributed by atoms with Crippen molar-refractivity contribution in [3.05, 3.63) is 53.6 Å². The highest BCUT2D eigenvalue weighted by molar-refractivity contribution is 7.80. The molecule has 5 heteroatoms. The standard InChI is InChI=1S/C22H30N2O2S/c1-6-15(3)16-8-10-17(11-9-16)19(7-2)24-22(27)23-18-12-13-20(25-4)21(14-18)26-5/h8-15,19H,6-7H2,1-5H3,(H2,23,24,27)/t15-,19-/m1/s1. The zero-order chi connectivity index (χ0) is 19.8. The fourth-order valence-corrected chi connectivity index (χ4v) is 3.21. The maximum atomic E-state index is 5.51. The lowest BCUT2D eigenvalue weighted by atomic mass is 9.95. The van der Waals surface area contributed by atoms with Crippen LogP contribution in [0.1, 0.15) is 56.7 Å². The van der Waals surface area contributed by atoms with Gasteiger partial charge in [0.15, 0.2) is 16.6 Å². The lowest BCUT2D eigenvalue weighted by Crippen LogP contribution is -2.32. The topological polar surface area (TPSA) is 42.5 Å². The molecular weight excluding hydrogens is 356 g/mol. The smallest absolute Gasteiger partial charge is 0.171 e. The highest BCUT2D eigenvalue weighted by atomic mass is 32.1. The molecule has 0 bridgehead atoms. The predicted molar refractivity (Wildman–Crippen MR) is 117 cm³/mol. The van der Waals surface area contributed by atoms with E-state index in [0.717, 1.165) is 18.5 Å². The van der Waals surface area contributed by atoms with Gasteiger partial charge in [-0.15, -0.1) is 0 Å². The first-order valence-corrected chi connectivity index (χ1v) is 9.82.